The Bertz CT molecular complexity index is 1110. The summed E-state index contributed by atoms with van der Waals surface area (Å²) in [4.78, 5) is 36.7. The summed E-state index contributed by atoms with van der Waals surface area (Å²) in [6.07, 6.45) is 0.317. The number of aryl methyl sites for hydroxylation is 1. The molecule has 0 aliphatic carbocycles. The fourth-order valence-electron chi connectivity index (χ4n) is 3.43. The van der Waals surface area contributed by atoms with E-state index in [1.54, 1.807) is 21.9 Å². The summed E-state index contributed by atoms with van der Waals surface area (Å²) in [6, 6.07) is 14.9. The summed E-state index contributed by atoms with van der Waals surface area (Å²) >= 11 is 0. The van der Waals surface area contributed by atoms with Gasteiger partial charge in [0.1, 0.15) is 17.5 Å². The van der Waals surface area contributed by atoms with Crippen LogP contribution in [-0.4, -0.2) is 55.1 Å². The molecule has 1 amide bonds. The van der Waals surface area contributed by atoms with E-state index in [-0.39, 0.29) is 12.3 Å². The number of benzene rings is 2. The predicted octanol–water partition coefficient (Wildman–Crippen LogP) is 3.39. The molecular formula is C25H29N5O3. The molecule has 1 aromatic heterocycles. The van der Waals surface area contributed by atoms with Gasteiger partial charge in [-0.2, -0.15) is 0 Å². The van der Waals surface area contributed by atoms with E-state index in [1.165, 1.54) is 0 Å². The quantitative estimate of drug-likeness (QED) is 0.506. The third-order valence-electron chi connectivity index (χ3n) is 5.07. The first-order valence-corrected chi connectivity index (χ1v) is 10.6. The molecule has 8 heteroatoms. The second kappa shape index (κ2) is 10.1. The van der Waals surface area contributed by atoms with Gasteiger partial charge in [-0.25, -0.2) is 9.97 Å². The van der Waals surface area contributed by atoms with E-state index in [1.807, 2.05) is 71.5 Å². The van der Waals surface area contributed by atoms with Crippen LogP contribution in [0, 0.1) is 6.92 Å². The largest absolute Gasteiger partial charge is 0.481 e. The van der Waals surface area contributed by atoms with Gasteiger partial charge in [-0.15, -0.1) is 0 Å². The summed E-state index contributed by atoms with van der Waals surface area (Å²) in [5.41, 5.74) is 3.96. The van der Waals surface area contributed by atoms with E-state index in [2.05, 4.69) is 15.3 Å². The van der Waals surface area contributed by atoms with Gasteiger partial charge in [0.2, 0.25) is 0 Å². The van der Waals surface area contributed by atoms with Crippen molar-refractivity contribution in [1.82, 2.24) is 9.97 Å². The van der Waals surface area contributed by atoms with Gasteiger partial charge in [-0.05, 0) is 36.8 Å². The molecular weight excluding hydrogens is 423 g/mol. The Morgan fingerprint density at radius 3 is 1.91 bits per heavy atom. The highest BCUT2D eigenvalue weighted by atomic mass is 16.5. The van der Waals surface area contributed by atoms with Crippen LogP contribution in [0.1, 0.15) is 32.9 Å². The van der Waals surface area contributed by atoms with Gasteiger partial charge in [0.15, 0.2) is 0 Å². The van der Waals surface area contributed by atoms with Crippen molar-refractivity contribution in [2.75, 3.05) is 43.3 Å². The second-order valence-electron chi connectivity index (χ2n) is 8.32. The van der Waals surface area contributed by atoms with Gasteiger partial charge in [-0.1, -0.05) is 29.8 Å². The number of carboxylic acid groups (broad SMARTS) is 1. The minimum absolute atomic E-state index is 0.156. The zero-order chi connectivity index (χ0) is 24.1. The van der Waals surface area contributed by atoms with Crippen molar-refractivity contribution in [2.24, 2.45) is 0 Å². The van der Waals surface area contributed by atoms with Crippen LogP contribution in [0.25, 0.3) is 0 Å². The number of carbonyl (C=O) groups excluding carboxylic acids is 1. The molecule has 3 aromatic rings. The standard InChI is InChI=1S/C25H29N5O3/c1-16-6-10-18(11-7-16)25(33)26-19-12-8-17(9-13-19)14-21-27-23(29(2)3)20(15-22(31)32)24(28-21)30(4)5/h6-13H,14-15H2,1-5H3,(H,26,33)(H,31,32)/i2+1,3+1,4+1,5+1,22+1. The van der Waals surface area contributed by atoms with E-state index in [0.29, 0.717) is 40.7 Å². The van der Waals surface area contributed by atoms with Crippen LogP contribution >= 0.6 is 0 Å². The lowest BCUT2D eigenvalue weighted by molar-refractivity contribution is -0.136. The predicted molar refractivity (Wildman–Crippen MR) is 130 cm³/mol. The summed E-state index contributed by atoms with van der Waals surface area (Å²) in [5, 5.41) is 12.2. The molecule has 3 rings (SSSR count). The molecule has 0 aliphatic rings. The number of nitrogens with zero attached hydrogens (tertiary/aromatic N) is 4. The summed E-state index contributed by atoms with van der Waals surface area (Å²) in [5.74, 6) is 0.682. The van der Waals surface area contributed by atoms with E-state index < -0.39 is 5.97 Å². The minimum atomic E-state index is -0.930. The highest BCUT2D eigenvalue weighted by molar-refractivity contribution is 6.04. The topological polar surface area (TPSA) is 98.7 Å². The van der Waals surface area contributed by atoms with Crippen LogP contribution in [0.15, 0.2) is 48.5 Å². The molecule has 0 atom stereocenters. The van der Waals surface area contributed by atoms with Gasteiger partial charge >= 0.3 is 5.97 Å². The number of anilines is 3. The van der Waals surface area contributed by atoms with Crippen molar-refractivity contribution in [3.63, 3.8) is 0 Å². The van der Waals surface area contributed by atoms with Crippen LogP contribution < -0.4 is 15.1 Å². The first-order valence-electron chi connectivity index (χ1n) is 10.6. The van der Waals surface area contributed by atoms with Crippen LogP contribution in [0.4, 0.5) is 17.3 Å². The van der Waals surface area contributed by atoms with Crippen LogP contribution in [0.5, 0.6) is 0 Å². The maximum absolute atomic E-state index is 12.4. The molecule has 2 N–H and O–H groups in total. The third kappa shape index (κ3) is 6.06. The number of hydrogen-bond acceptors (Lipinski definition) is 6. The molecule has 0 saturated carbocycles. The van der Waals surface area contributed by atoms with E-state index in [9.17, 15) is 14.7 Å². The first-order chi connectivity index (χ1) is 15.6. The number of nitrogens with one attached hydrogen (secondary N) is 1. The van der Waals surface area contributed by atoms with E-state index >= 15 is 0 Å². The molecule has 8 nitrogen and oxygen atoms in total. The van der Waals surface area contributed by atoms with E-state index in [0.717, 1.165) is 11.1 Å². The molecule has 0 spiro atoms. The lowest BCUT2D eigenvalue weighted by Gasteiger charge is -2.22. The lowest BCUT2D eigenvalue weighted by Crippen LogP contribution is -2.22. The number of carbonyl (C=O) groups is 2. The van der Waals surface area contributed by atoms with E-state index in [4.69, 9.17) is 0 Å². The molecule has 1 heterocycles. The SMILES string of the molecule is Cc1ccc(C(=O)Nc2ccc(Cc3nc(N([13CH3])[13CH3])c(C[13C](=O)O)c(N([13CH3])[13CH3])n3)cc2)cc1. The Hall–Kier alpha value is -3.94. The highest BCUT2D eigenvalue weighted by Crippen LogP contribution is 2.27. The fourth-order valence-corrected chi connectivity index (χ4v) is 3.43. The molecule has 172 valence electrons. The molecule has 33 heavy (non-hydrogen) atoms. The van der Waals surface area contributed by atoms with Gasteiger partial charge < -0.3 is 20.2 Å². The molecule has 0 radical (unpaired) electrons. The average molecular weight is 453 g/mol. The summed E-state index contributed by atoms with van der Waals surface area (Å²) < 4.78 is 0. The van der Waals surface area contributed by atoms with Crippen LogP contribution in [0.2, 0.25) is 0 Å². The molecule has 0 bridgehead atoms. The Morgan fingerprint density at radius 1 is 0.879 bits per heavy atom. The Labute approximate surface area is 193 Å². The molecule has 0 aliphatic heterocycles. The van der Waals surface area contributed by atoms with Gasteiger partial charge in [0.25, 0.3) is 5.91 Å². The third-order valence-corrected chi connectivity index (χ3v) is 5.07. The molecule has 0 fully saturated rings. The molecule has 0 unspecified atom stereocenters. The smallest absolute Gasteiger partial charge is 0.308 e. The Balaban J connectivity index is 1.80. The number of hydrogen-bond donors (Lipinski definition) is 2. The Morgan fingerprint density at radius 2 is 1.42 bits per heavy atom. The number of amides is 1. The lowest BCUT2D eigenvalue weighted by atomic mass is 10.1. The Kier molecular flexibility index (Phi) is 7.27. The maximum Gasteiger partial charge on any atom is 0.308 e. The van der Waals surface area contributed by atoms with Crippen molar-refractivity contribution >= 4 is 29.2 Å². The molecule has 0 saturated heterocycles. The summed E-state index contributed by atoms with van der Waals surface area (Å²) in [7, 11) is 7.34. The second-order valence-corrected chi connectivity index (χ2v) is 8.32. The van der Waals surface area contributed by atoms with Crippen molar-refractivity contribution < 1.29 is 14.7 Å². The van der Waals surface area contributed by atoms with Gasteiger partial charge in [-0.3, -0.25) is 9.59 Å². The first kappa shape index (κ1) is 23.7. The van der Waals surface area contributed by atoms with Crippen LogP contribution in [-0.2, 0) is 17.6 Å². The normalized spacial score (nSPS) is 10.6. The van der Waals surface area contributed by atoms with Gasteiger partial charge in [0.05, 0.1) is 6.42 Å². The van der Waals surface area contributed by atoms with Crippen molar-refractivity contribution in [3.8, 4) is 0 Å². The maximum atomic E-state index is 12.4. The van der Waals surface area contributed by atoms with Crippen molar-refractivity contribution in [2.45, 2.75) is 19.8 Å². The zero-order valence-electron chi connectivity index (χ0n) is 19.6. The van der Waals surface area contributed by atoms with Crippen LogP contribution in [0.3, 0.4) is 0 Å². The van der Waals surface area contributed by atoms with Gasteiger partial charge in [0, 0.05) is 51.4 Å². The molecule has 2 aromatic carbocycles. The monoisotopic (exact) mass is 452 g/mol. The zero-order valence-corrected chi connectivity index (χ0v) is 19.6. The number of rotatable bonds is 8. The number of aliphatic carboxylic acids is 1. The fraction of sp³-hybridized carbons (Fsp3) is 0.280. The summed E-state index contributed by atoms with van der Waals surface area (Å²) in [6.45, 7) is 1.98. The van der Waals surface area contributed by atoms with Crippen molar-refractivity contribution in [3.05, 3.63) is 76.6 Å². The highest BCUT2D eigenvalue weighted by Gasteiger charge is 2.20. The number of carboxylic acids is 1. The minimum Gasteiger partial charge on any atom is -0.481 e. The number of aromatic nitrogens is 2. The van der Waals surface area contributed by atoms with Crippen molar-refractivity contribution in [1.29, 1.82) is 0 Å². The average Bonchev–Trinajstić information content (AvgIpc) is 2.75.